The number of benzene rings is 2. The summed E-state index contributed by atoms with van der Waals surface area (Å²) in [6.45, 7) is 7.50. The van der Waals surface area contributed by atoms with E-state index in [1.165, 1.54) is 11.1 Å². The van der Waals surface area contributed by atoms with Gasteiger partial charge in [-0.1, -0.05) is 42.0 Å². The third kappa shape index (κ3) is 3.35. The summed E-state index contributed by atoms with van der Waals surface area (Å²) in [6.07, 6.45) is 0. The maximum atomic E-state index is 11.8. The molecule has 0 aliphatic heterocycles. The van der Waals surface area contributed by atoms with Gasteiger partial charge in [-0.2, -0.15) is 0 Å². The Bertz CT molecular complexity index is 892. The molecule has 0 unspecified atom stereocenters. The van der Waals surface area contributed by atoms with Gasteiger partial charge in [-0.15, -0.1) is 0 Å². The highest BCUT2D eigenvalue weighted by Gasteiger charge is 2.09. The SMILES string of the molecule is Cc1ccc(CNCc2cc(=O)oc3c(C)c(C)ccc23)cc1. The molecular weight excluding hydrogens is 286 g/mol. The van der Waals surface area contributed by atoms with Gasteiger partial charge in [-0.25, -0.2) is 4.79 Å². The van der Waals surface area contributed by atoms with Gasteiger partial charge in [0.1, 0.15) is 5.58 Å². The van der Waals surface area contributed by atoms with E-state index in [-0.39, 0.29) is 5.63 Å². The topological polar surface area (TPSA) is 42.2 Å². The highest BCUT2D eigenvalue weighted by atomic mass is 16.4. The number of hydrogen-bond donors (Lipinski definition) is 1. The Kier molecular flexibility index (Phi) is 4.30. The Balaban J connectivity index is 1.84. The van der Waals surface area contributed by atoms with Crippen LogP contribution in [0.4, 0.5) is 0 Å². The minimum atomic E-state index is -0.293. The molecule has 1 aromatic heterocycles. The van der Waals surface area contributed by atoms with Crippen LogP contribution in [0.1, 0.15) is 27.8 Å². The number of nitrogens with one attached hydrogen (secondary N) is 1. The monoisotopic (exact) mass is 307 g/mol. The van der Waals surface area contributed by atoms with Crippen LogP contribution in [0.15, 0.2) is 51.7 Å². The molecule has 0 fully saturated rings. The smallest absolute Gasteiger partial charge is 0.336 e. The van der Waals surface area contributed by atoms with Crippen molar-refractivity contribution in [2.75, 3.05) is 0 Å². The quantitative estimate of drug-likeness (QED) is 0.741. The van der Waals surface area contributed by atoms with Crippen LogP contribution < -0.4 is 10.9 Å². The molecule has 2 aromatic carbocycles. The lowest BCUT2D eigenvalue weighted by atomic mass is 10.0. The third-order valence-electron chi connectivity index (χ3n) is 4.28. The maximum Gasteiger partial charge on any atom is 0.336 e. The highest BCUT2D eigenvalue weighted by Crippen LogP contribution is 2.23. The zero-order valence-electron chi connectivity index (χ0n) is 13.8. The van der Waals surface area contributed by atoms with Crippen molar-refractivity contribution in [3.63, 3.8) is 0 Å². The number of rotatable bonds is 4. The van der Waals surface area contributed by atoms with E-state index in [1.54, 1.807) is 6.07 Å². The predicted molar refractivity (Wildman–Crippen MR) is 93.7 cm³/mol. The Hall–Kier alpha value is -2.39. The van der Waals surface area contributed by atoms with Crippen LogP contribution in [0.5, 0.6) is 0 Å². The van der Waals surface area contributed by atoms with Crippen LogP contribution in [-0.2, 0) is 13.1 Å². The van der Waals surface area contributed by atoms with Crippen LogP contribution in [0.2, 0.25) is 0 Å². The fourth-order valence-electron chi connectivity index (χ4n) is 2.72. The molecule has 3 nitrogen and oxygen atoms in total. The Morgan fingerprint density at radius 2 is 1.70 bits per heavy atom. The largest absolute Gasteiger partial charge is 0.422 e. The van der Waals surface area contributed by atoms with E-state index in [0.29, 0.717) is 12.1 Å². The molecule has 3 heteroatoms. The summed E-state index contributed by atoms with van der Waals surface area (Å²) in [4.78, 5) is 11.8. The molecule has 3 rings (SSSR count). The second-order valence-corrected chi connectivity index (χ2v) is 6.06. The van der Waals surface area contributed by atoms with E-state index in [2.05, 4.69) is 42.6 Å². The summed E-state index contributed by atoms with van der Waals surface area (Å²) in [5.74, 6) is 0. The molecule has 0 atom stereocenters. The minimum absolute atomic E-state index is 0.293. The summed E-state index contributed by atoms with van der Waals surface area (Å²) in [7, 11) is 0. The van der Waals surface area contributed by atoms with Crippen LogP contribution in [0.3, 0.4) is 0 Å². The van der Waals surface area contributed by atoms with E-state index < -0.39 is 0 Å². The molecule has 118 valence electrons. The van der Waals surface area contributed by atoms with Crippen molar-refractivity contribution >= 4 is 11.0 Å². The zero-order valence-corrected chi connectivity index (χ0v) is 13.8. The molecule has 3 aromatic rings. The first-order valence-corrected chi connectivity index (χ1v) is 7.84. The molecule has 1 N–H and O–H groups in total. The van der Waals surface area contributed by atoms with E-state index in [9.17, 15) is 4.79 Å². The molecule has 0 saturated heterocycles. The average Bonchev–Trinajstić information content (AvgIpc) is 2.53. The van der Waals surface area contributed by atoms with Crippen LogP contribution >= 0.6 is 0 Å². The Labute approximate surface area is 136 Å². The summed E-state index contributed by atoms with van der Waals surface area (Å²) < 4.78 is 5.41. The Morgan fingerprint density at radius 3 is 2.43 bits per heavy atom. The summed E-state index contributed by atoms with van der Waals surface area (Å²) in [5.41, 5.74) is 6.03. The van der Waals surface area contributed by atoms with Crippen molar-refractivity contribution in [2.45, 2.75) is 33.9 Å². The summed E-state index contributed by atoms with van der Waals surface area (Å²) in [6, 6.07) is 14.1. The number of fused-ring (bicyclic) bond motifs is 1. The van der Waals surface area contributed by atoms with Crippen molar-refractivity contribution in [3.8, 4) is 0 Å². The molecular formula is C20H21NO2. The highest BCUT2D eigenvalue weighted by molar-refractivity contribution is 5.83. The minimum Gasteiger partial charge on any atom is -0.422 e. The maximum absolute atomic E-state index is 11.8. The van der Waals surface area contributed by atoms with E-state index in [1.807, 2.05) is 19.9 Å². The first-order valence-electron chi connectivity index (χ1n) is 7.84. The molecule has 23 heavy (non-hydrogen) atoms. The lowest BCUT2D eigenvalue weighted by molar-refractivity contribution is 0.554. The van der Waals surface area contributed by atoms with Gasteiger partial charge in [0, 0.05) is 24.5 Å². The van der Waals surface area contributed by atoms with Crippen molar-refractivity contribution in [2.24, 2.45) is 0 Å². The van der Waals surface area contributed by atoms with E-state index >= 15 is 0 Å². The molecule has 1 heterocycles. The normalized spacial score (nSPS) is 11.1. The van der Waals surface area contributed by atoms with Gasteiger partial charge in [-0.3, -0.25) is 0 Å². The van der Waals surface area contributed by atoms with E-state index in [4.69, 9.17) is 4.42 Å². The lowest BCUT2D eigenvalue weighted by Crippen LogP contribution is -2.14. The molecule has 0 saturated carbocycles. The van der Waals surface area contributed by atoms with Crippen LogP contribution in [-0.4, -0.2) is 0 Å². The first-order chi connectivity index (χ1) is 11.0. The average molecular weight is 307 g/mol. The first kappa shape index (κ1) is 15.5. The second kappa shape index (κ2) is 6.39. The summed E-state index contributed by atoms with van der Waals surface area (Å²) >= 11 is 0. The summed E-state index contributed by atoms with van der Waals surface area (Å²) in [5, 5.41) is 4.41. The Morgan fingerprint density at radius 1 is 0.957 bits per heavy atom. The molecule has 0 aliphatic carbocycles. The van der Waals surface area contributed by atoms with E-state index in [0.717, 1.165) is 28.6 Å². The van der Waals surface area contributed by atoms with Crippen molar-refractivity contribution in [1.29, 1.82) is 0 Å². The van der Waals surface area contributed by atoms with Crippen molar-refractivity contribution in [1.82, 2.24) is 5.32 Å². The number of hydrogen-bond acceptors (Lipinski definition) is 3. The van der Waals surface area contributed by atoms with Gasteiger partial charge >= 0.3 is 5.63 Å². The number of aryl methyl sites for hydroxylation is 3. The van der Waals surface area contributed by atoms with Gasteiger partial charge in [0.15, 0.2) is 0 Å². The van der Waals surface area contributed by atoms with Crippen molar-refractivity contribution < 1.29 is 4.42 Å². The van der Waals surface area contributed by atoms with Crippen molar-refractivity contribution in [3.05, 3.63) is 80.7 Å². The molecule has 0 aliphatic rings. The van der Waals surface area contributed by atoms with Gasteiger partial charge < -0.3 is 9.73 Å². The van der Waals surface area contributed by atoms with Gasteiger partial charge in [0.05, 0.1) is 0 Å². The van der Waals surface area contributed by atoms with Gasteiger partial charge in [-0.05, 0) is 43.0 Å². The fraction of sp³-hybridized carbons (Fsp3) is 0.250. The van der Waals surface area contributed by atoms with Crippen LogP contribution in [0.25, 0.3) is 11.0 Å². The lowest BCUT2D eigenvalue weighted by Gasteiger charge is -2.10. The van der Waals surface area contributed by atoms with Crippen LogP contribution in [0, 0.1) is 20.8 Å². The predicted octanol–water partition coefficient (Wildman–Crippen LogP) is 4.01. The molecule has 0 radical (unpaired) electrons. The van der Waals surface area contributed by atoms with Gasteiger partial charge in [0.25, 0.3) is 0 Å². The zero-order chi connectivity index (χ0) is 16.4. The standard InChI is InChI=1S/C20H21NO2/c1-13-4-7-16(8-5-13)11-21-12-17-10-19(22)23-20-15(3)14(2)6-9-18(17)20/h4-10,21H,11-12H2,1-3H3. The third-order valence-corrected chi connectivity index (χ3v) is 4.28. The molecule has 0 bridgehead atoms. The molecule has 0 spiro atoms. The molecule has 0 amide bonds. The second-order valence-electron chi connectivity index (χ2n) is 6.06. The fourth-order valence-corrected chi connectivity index (χ4v) is 2.72. The van der Waals surface area contributed by atoms with Gasteiger partial charge in [0.2, 0.25) is 0 Å².